The Kier molecular flexibility index (Phi) is 4.47. The van der Waals surface area contributed by atoms with Gasteiger partial charge in [-0.3, -0.25) is 0 Å². The van der Waals surface area contributed by atoms with Crippen LogP contribution in [0.5, 0.6) is 0 Å². The summed E-state index contributed by atoms with van der Waals surface area (Å²) in [5.41, 5.74) is -0.586. The summed E-state index contributed by atoms with van der Waals surface area (Å²) in [6, 6.07) is 0. The molecule has 2 unspecified atom stereocenters. The molecule has 1 heterocycles. The number of carbonyl (C=O) groups is 1. The average molecular weight is 435 g/mol. The van der Waals surface area contributed by atoms with Crippen molar-refractivity contribution in [3.05, 3.63) is 11.1 Å². The van der Waals surface area contributed by atoms with Crippen LogP contribution in [0, 0.1) is 39.4 Å². The normalized spacial score (nSPS) is 55.6. The van der Waals surface area contributed by atoms with Gasteiger partial charge in [0.1, 0.15) is 0 Å². The van der Waals surface area contributed by atoms with Gasteiger partial charge in [0.05, 0.1) is 23.9 Å². The summed E-state index contributed by atoms with van der Waals surface area (Å²) in [5.74, 6) is -0.126. The summed E-state index contributed by atoms with van der Waals surface area (Å²) in [5, 5.41) is 43.9. The van der Waals surface area contributed by atoms with Crippen LogP contribution in [0.4, 0.5) is 0 Å². The lowest BCUT2D eigenvalue weighted by atomic mass is 9.35. The second-order valence-electron chi connectivity index (χ2n) is 12.5. The van der Waals surface area contributed by atoms with Gasteiger partial charge in [-0.05, 0) is 72.5 Å². The smallest absolute Gasteiger partial charge is 0.339 e. The lowest BCUT2D eigenvalue weighted by Gasteiger charge is -2.70. The van der Waals surface area contributed by atoms with Crippen molar-refractivity contribution in [1.82, 2.24) is 0 Å². The third-order valence-corrected chi connectivity index (χ3v) is 11.1. The van der Waals surface area contributed by atoms with Crippen LogP contribution in [0.15, 0.2) is 11.1 Å². The van der Waals surface area contributed by atoms with Crippen LogP contribution in [0.3, 0.4) is 0 Å². The van der Waals surface area contributed by atoms with Crippen molar-refractivity contribution in [3.8, 4) is 0 Å². The fourth-order valence-electron chi connectivity index (χ4n) is 9.48. The van der Waals surface area contributed by atoms with E-state index in [4.69, 9.17) is 4.74 Å². The third kappa shape index (κ3) is 2.45. The highest BCUT2D eigenvalue weighted by Gasteiger charge is 2.70. The predicted molar refractivity (Wildman–Crippen MR) is 113 cm³/mol. The van der Waals surface area contributed by atoms with Crippen LogP contribution in [0.1, 0.15) is 73.1 Å². The minimum atomic E-state index is -1.39. The largest absolute Gasteiger partial charge is 0.428 e. The second kappa shape index (κ2) is 6.34. The molecule has 3 fully saturated rings. The molecule has 5 aliphatic rings. The molecule has 4 aliphatic carbocycles. The first-order valence-corrected chi connectivity index (χ1v) is 12.0. The van der Waals surface area contributed by atoms with Crippen LogP contribution in [-0.4, -0.2) is 51.0 Å². The molecule has 0 spiro atoms. The summed E-state index contributed by atoms with van der Waals surface area (Å²) in [6.45, 7) is 11.0. The topological polar surface area (TPSA) is 107 Å². The van der Waals surface area contributed by atoms with E-state index in [0.29, 0.717) is 24.3 Å². The van der Waals surface area contributed by atoms with E-state index in [9.17, 15) is 25.2 Å². The average Bonchev–Trinajstić information content (AvgIpc) is 2.99. The number of fused-ring (bicyclic) bond motifs is 6. The summed E-state index contributed by atoms with van der Waals surface area (Å²) in [6.07, 6.45) is 1.22. The Labute approximate surface area is 184 Å². The van der Waals surface area contributed by atoms with E-state index in [0.717, 1.165) is 25.7 Å². The Morgan fingerprint density at radius 2 is 1.42 bits per heavy atom. The molecular weight excluding hydrogens is 396 g/mol. The number of rotatable bonds is 0. The van der Waals surface area contributed by atoms with Gasteiger partial charge in [-0.25, -0.2) is 4.79 Å². The summed E-state index contributed by atoms with van der Waals surface area (Å²) in [4.78, 5) is 12.4. The number of cyclic esters (lactones) is 1. The lowest BCUT2D eigenvalue weighted by Crippen LogP contribution is -2.67. The third-order valence-electron chi connectivity index (χ3n) is 11.1. The van der Waals surface area contributed by atoms with Crippen molar-refractivity contribution in [1.29, 1.82) is 0 Å². The van der Waals surface area contributed by atoms with Gasteiger partial charge in [0.15, 0.2) is 0 Å². The van der Waals surface area contributed by atoms with Crippen LogP contribution in [-0.2, 0) is 9.53 Å². The Balaban J connectivity index is 1.62. The Bertz CT molecular complexity index is 849. The van der Waals surface area contributed by atoms with E-state index in [1.165, 1.54) is 0 Å². The van der Waals surface area contributed by atoms with E-state index in [1.54, 1.807) is 0 Å². The number of carbonyl (C=O) groups excluding carboxylic acids is 1. The maximum atomic E-state index is 12.4. The number of aliphatic hydroxyl groups is 4. The minimum absolute atomic E-state index is 0.0156. The zero-order chi connectivity index (χ0) is 22.7. The van der Waals surface area contributed by atoms with Crippen molar-refractivity contribution in [2.75, 3.05) is 0 Å². The van der Waals surface area contributed by atoms with Crippen LogP contribution >= 0.6 is 0 Å². The summed E-state index contributed by atoms with van der Waals surface area (Å²) in [7, 11) is 0. The summed E-state index contributed by atoms with van der Waals surface area (Å²) < 4.78 is 5.10. The second-order valence-corrected chi connectivity index (χ2v) is 12.5. The van der Waals surface area contributed by atoms with Crippen LogP contribution in [0.2, 0.25) is 0 Å². The van der Waals surface area contributed by atoms with Crippen LogP contribution < -0.4 is 0 Å². The van der Waals surface area contributed by atoms with Gasteiger partial charge in [-0.15, -0.1) is 0 Å². The Morgan fingerprint density at radius 1 is 0.806 bits per heavy atom. The van der Waals surface area contributed by atoms with Gasteiger partial charge in [0.25, 0.3) is 0 Å². The number of hydrogen-bond donors (Lipinski definition) is 4. The zero-order valence-corrected chi connectivity index (χ0v) is 19.4. The molecule has 0 saturated heterocycles. The Morgan fingerprint density at radius 3 is 2.10 bits per heavy atom. The highest BCUT2D eigenvalue weighted by Crippen LogP contribution is 2.73. The molecule has 0 aromatic heterocycles. The van der Waals surface area contributed by atoms with Gasteiger partial charge in [0, 0.05) is 11.0 Å². The SMILES string of the molecule is CC1(C)[C@@H](O)CC[C@]2(C)C3C[C@@H](O)[C@]4(C)C5=C(C(=O)O[C@H]5O)[C@@H](O)CC4[C@]3(C)CC[C@@H]12. The first kappa shape index (κ1) is 21.9. The van der Waals surface area contributed by atoms with Gasteiger partial charge < -0.3 is 25.2 Å². The van der Waals surface area contributed by atoms with E-state index >= 15 is 0 Å². The molecule has 3 saturated carbocycles. The number of ether oxygens (including phenoxy) is 1. The molecule has 174 valence electrons. The molecule has 0 aromatic carbocycles. The maximum Gasteiger partial charge on any atom is 0.339 e. The molecular formula is C25H38O6. The molecule has 0 bridgehead atoms. The van der Waals surface area contributed by atoms with Gasteiger partial charge in [-0.2, -0.15) is 0 Å². The number of aliphatic hydroxyl groups excluding tert-OH is 4. The van der Waals surface area contributed by atoms with Crippen molar-refractivity contribution >= 4 is 5.97 Å². The molecule has 0 amide bonds. The molecule has 31 heavy (non-hydrogen) atoms. The molecule has 10 atom stereocenters. The fourth-order valence-corrected chi connectivity index (χ4v) is 9.48. The van der Waals surface area contributed by atoms with E-state index in [-0.39, 0.29) is 39.8 Å². The molecule has 0 aromatic rings. The lowest BCUT2D eigenvalue weighted by molar-refractivity contribution is -0.238. The Hall–Kier alpha value is -0.950. The summed E-state index contributed by atoms with van der Waals surface area (Å²) >= 11 is 0. The van der Waals surface area contributed by atoms with E-state index < -0.39 is 29.9 Å². The highest BCUT2D eigenvalue weighted by molar-refractivity contribution is 5.94. The molecule has 4 N–H and O–H groups in total. The predicted octanol–water partition coefficient (Wildman–Crippen LogP) is 2.53. The molecule has 5 rings (SSSR count). The van der Waals surface area contributed by atoms with Gasteiger partial charge in [-0.1, -0.05) is 34.6 Å². The first-order chi connectivity index (χ1) is 14.3. The van der Waals surface area contributed by atoms with Crippen molar-refractivity contribution in [2.24, 2.45) is 39.4 Å². The van der Waals surface area contributed by atoms with Crippen molar-refractivity contribution < 1.29 is 30.0 Å². The van der Waals surface area contributed by atoms with Crippen molar-refractivity contribution in [3.63, 3.8) is 0 Å². The molecule has 6 heteroatoms. The highest BCUT2D eigenvalue weighted by atomic mass is 16.6. The van der Waals surface area contributed by atoms with Crippen LogP contribution in [0.25, 0.3) is 0 Å². The zero-order valence-electron chi connectivity index (χ0n) is 19.4. The van der Waals surface area contributed by atoms with Gasteiger partial charge >= 0.3 is 5.97 Å². The molecule has 0 radical (unpaired) electrons. The first-order valence-electron chi connectivity index (χ1n) is 12.0. The van der Waals surface area contributed by atoms with E-state index in [2.05, 4.69) is 27.7 Å². The van der Waals surface area contributed by atoms with Crippen molar-refractivity contribution in [2.45, 2.75) is 97.7 Å². The monoisotopic (exact) mass is 434 g/mol. The maximum absolute atomic E-state index is 12.4. The fraction of sp³-hybridized carbons (Fsp3) is 0.880. The quantitative estimate of drug-likeness (QED) is 0.437. The van der Waals surface area contributed by atoms with E-state index in [1.807, 2.05) is 6.92 Å². The number of esters is 1. The molecule has 1 aliphatic heterocycles. The van der Waals surface area contributed by atoms with Gasteiger partial charge in [0.2, 0.25) is 6.29 Å². The minimum Gasteiger partial charge on any atom is -0.428 e. The molecule has 6 nitrogen and oxygen atoms in total. The number of hydrogen-bond acceptors (Lipinski definition) is 6. The standard InChI is InChI=1S/C25H38O6/c1-22(2)13-6-8-24(4)14(23(13,3)9-7-16(22)27)11-17(28)25(5)15(24)10-12(26)18-19(25)21(30)31-20(18)29/h12-17,21,26-28,30H,6-11H2,1-5H3/t12-,13-,14?,15?,16-,17+,21+,23-,24+,25+/m0/s1.